The first-order valence-electron chi connectivity index (χ1n) is 7.22. The summed E-state index contributed by atoms with van der Waals surface area (Å²) in [5.74, 6) is -1.41. The fraction of sp³-hybridized carbons (Fsp3) is 0.857. The number of hydrogen-bond donors (Lipinski definition) is 0. The highest BCUT2D eigenvalue weighted by molar-refractivity contribution is 7.99. The van der Waals surface area contributed by atoms with Gasteiger partial charge in [0.15, 0.2) is 0 Å². The first-order valence-corrected chi connectivity index (χ1v) is 9.79. The molecule has 0 N–H and O–H groups in total. The molecular formula is C14H26O4SSi. The van der Waals surface area contributed by atoms with E-state index in [1.807, 2.05) is 0 Å². The summed E-state index contributed by atoms with van der Waals surface area (Å²) in [6.07, 6.45) is 5.58. The average Bonchev–Trinajstić information content (AvgIpc) is 2.38. The summed E-state index contributed by atoms with van der Waals surface area (Å²) >= 11 is 1.27. The van der Waals surface area contributed by atoms with Gasteiger partial charge in [0, 0.05) is 24.8 Å². The Hall–Kier alpha value is -0.493. The molecule has 0 aliphatic heterocycles. The van der Waals surface area contributed by atoms with E-state index in [-0.39, 0.29) is 12.8 Å². The van der Waals surface area contributed by atoms with Gasteiger partial charge in [-0.05, 0) is 24.3 Å². The van der Waals surface area contributed by atoms with Crippen molar-refractivity contribution in [3.63, 3.8) is 0 Å². The number of rotatable bonds is 12. The van der Waals surface area contributed by atoms with Crippen LogP contribution in [0.3, 0.4) is 0 Å². The number of carbonyl (C=O) groups excluding carboxylic acids is 2. The van der Waals surface area contributed by atoms with Crippen molar-refractivity contribution in [3.05, 3.63) is 0 Å². The number of aliphatic carboxylic acids is 2. The van der Waals surface area contributed by atoms with E-state index in [1.54, 1.807) is 0 Å². The predicted octanol–water partition coefficient (Wildman–Crippen LogP) is 1.13. The third kappa shape index (κ3) is 26.1. The third-order valence-corrected chi connectivity index (χ3v) is 4.72. The van der Waals surface area contributed by atoms with E-state index < -0.39 is 11.9 Å². The molecule has 0 atom stereocenters. The van der Waals surface area contributed by atoms with E-state index in [2.05, 4.69) is 13.8 Å². The van der Waals surface area contributed by atoms with Crippen LogP contribution in [0.1, 0.15) is 52.4 Å². The predicted molar refractivity (Wildman–Crippen MR) is 81.8 cm³/mol. The van der Waals surface area contributed by atoms with Gasteiger partial charge in [-0.1, -0.05) is 26.7 Å². The molecule has 0 saturated heterocycles. The molecule has 0 heterocycles. The standard InChI is InChI=1S/C8H18Si.C6H10O4S/c1-3-5-7-9-8-6-4-2;7-5(8)1-3-11-4-2-6(9)10/h3-8H2,1-2H3;1-4H2,(H,7,8)(H,9,10)/q+2;/p-2. The number of carboxylic acids is 2. The van der Waals surface area contributed by atoms with Crippen LogP contribution in [0.2, 0.25) is 12.1 Å². The summed E-state index contributed by atoms with van der Waals surface area (Å²) in [6, 6.07) is 2.97. The van der Waals surface area contributed by atoms with Gasteiger partial charge in [-0.15, -0.1) is 0 Å². The summed E-state index contributed by atoms with van der Waals surface area (Å²) in [4.78, 5) is 19.7. The van der Waals surface area contributed by atoms with Crippen LogP contribution in [-0.4, -0.2) is 33.0 Å². The largest absolute Gasteiger partial charge is 0.903 e. The molecule has 0 aromatic carbocycles. The molecule has 4 nitrogen and oxygen atoms in total. The average molecular weight is 319 g/mol. The molecular weight excluding hydrogens is 292 g/mol. The number of thioether (sulfide) groups is 1. The Morgan fingerprint density at radius 2 is 1.30 bits per heavy atom. The highest BCUT2D eigenvalue weighted by Gasteiger charge is 2.28. The lowest BCUT2D eigenvalue weighted by atomic mass is 10.4. The third-order valence-electron chi connectivity index (χ3n) is 2.32. The minimum atomic E-state index is -1.11. The molecule has 0 bridgehead atoms. The van der Waals surface area contributed by atoms with Gasteiger partial charge in [0.2, 0.25) is 12.1 Å². The Kier molecular flexibility index (Phi) is 20.2. The summed E-state index contributed by atoms with van der Waals surface area (Å²) in [5, 5.41) is 19.7. The molecule has 0 fully saturated rings. The molecule has 0 aromatic rings. The van der Waals surface area contributed by atoms with Crippen LogP contribution in [0.5, 0.6) is 0 Å². The van der Waals surface area contributed by atoms with E-state index in [4.69, 9.17) is 0 Å². The maximum absolute atomic E-state index is 9.84. The summed E-state index contributed by atoms with van der Waals surface area (Å²) in [5.41, 5.74) is 0. The first kappa shape index (κ1) is 21.8. The van der Waals surface area contributed by atoms with Crippen molar-refractivity contribution in [1.82, 2.24) is 0 Å². The van der Waals surface area contributed by atoms with E-state index in [9.17, 15) is 19.8 Å². The van der Waals surface area contributed by atoms with Gasteiger partial charge in [0.25, 0.3) is 0 Å². The van der Waals surface area contributed by atoms with E-state index in [0.29, 0.717) is 11.5 Å². The monoisotopic (exact) mass is 318 g/mol. The Bertz CT molecular complexity index is 215. The zero-order valence-electron chi connectivity index (χ0n) is 12.6. The van der Waals surface area contributed by atoms with Gasteiger partial charge in [-0.25, -0.2) is 0 Å². The van der Waals surface area contributed by atoms with Crippen LogP contribution in [0.15, 0.2) is 0 Å². The number of carboxylic acid groups (broad SMARTS) is 2. The minimum absolute atomic E-state index is 0.0300. The van der Waals surface area contributed by atoms with Gasteiger partial charge in [-0.3, -0.25) is 0 Å². The quantitative estimate of drug-likeness (QED) is 0.398. The van der Waals surface area contributed by atoms with Crippen molar-refractivity contribution in [2.45, 2.75) is 64.5 Å². The molecule has 20 heavy (non-hydrogen) atoms. The minimum Gasteiger partial charge on any atom is -0.550 e. The van der Waals surface area contributed by atoms with Crippen LogP contribution in [0, 0.1) is 0 Å². The van der Waals surface area contributed by atoms with Crippen LogP contribution in [0.4, 0.5) is 0 Å². The van der Waals surface area contributed by atoms with Crippen molar-refractivity contribution < 1.29 is 19.8 Å². The lowest BCUT2D eigenvalue weighted by Gasteiger charge is -2.02. The molecule has 0 aliphatic rings. The van der Waals surface area contributed by atoms with Gasteiger partial charge in [0.1, 0.15) is 0 Å². The van der Waals surface area contributed by atoms with Gasteiger partial charge in [0.05, 0.1) is 0 Å². The summed E-state index contributed by atoms with van der Waals surface area (Å²) in [7, 11) is 1.25. The first-order chi connectivity index (χ1) is 9.54. The molecule has 0 radical (unpaired) electrons. The number of unbranched alkanes of at least 4 members (excludes halogenated alkanes) is 2. The van der Waals surface area contributed by atoms with Crippen molar-refractivity contribution in [1.29, 1.82) is 0 Å². The molecule has 0 unspecified atom stereocenters. The number of hydrogen-bond acceptors (Lipinski definition) is 5. The second kappa shape index (κ2) is 18.5. The van der Waals surface area contributed by atoms with Gasteiger partial charge < -0.3 is 19.8 Å². The van der Waals surface area contributed by atoms with Crippen LogP contribution in [0.25, 0.3) is 0 Å². The Morgan fingerprint density at radius 1 is 0.900 bits per heavy atom. The number of carbonyl (C=O) groups is 2. The van der Waals surface area contributed by atoms with E-state index in [0.717, 1.165) is 0 Å². The Balaban J connectivity index is 0. The van der Waals surface area contributed by atoms with Gasteiger partial charge >= 0.3 is 9.52 Å². The normalized spacial score (nSPS) is 9.30. The molecule has 0 aromatic heterocycles. The lowest BCUT2D eigenvalue weighted by molar-refractivity contribution is -0.306. The van der Waals surface area contributed by atoms with Crippen molar-refractivity contribution in [3.8, 4) is 0 Å². The Morgan fingerprint density at radius 3 is 1.60 bits per heavy atom. The maximum atomic E-state index is 9.84. The van der Waals surface area contributed by atoms with Crippen molar-refractivity contribution in [2.24, 2.45) is 0 Å². The fourth-order valence-electron chi connectivity index (χ4n) is 1.14. The van der Waals surface area contributed by atoms with Gasteiger partial charge in [-0.2, -0.15) is 11.8 Å². The van der Waals surface area contributed by atoms with E-state index >= 15 is 0 Å². The SMILES string of the molecule is CCCC[Si+2]CCCC.O=C([O-])CCSCCC(=O)[O-]. The van der Waals surface area contributed by atoms with Crippen molar-refractivity contribution >= 4 is 33.2 Å². The van der Waals surface area contributed by atoms with Crippen LogP contribution >= 0.6 is 11.8 Å². The zero-order chi connectivity index (χ0) is 15.6. The van der Waals surface area contributed by atoms with E-state index in [1.165, 1.54) is 59.1 Å². The Labute approximate surface area is 129 Å². The molecule has 6 heteroatoms. The van der Waals surface area contributed by atoms with Crippen LogP contribution < -0.4 is 10.2 Å². The van der Waals surface area contributed by atoms with Crippen LogP contribution in [-0.2, 0) is 9.59 Å². The second-order valence-corrected chi connectivity index (χ2v) is 7.04. The maximum Gasteiger partial charge on any atom is 0.903 e. The smallest absolute Gasteiger partial charge is 0.550 e. The zero-order valence-corrected chi connectivity index (χ0v) is 14.4. The molecule has 0 saturated carbocycles. The summed E-state index contributed by atoms with van der Waals surface area (Å²) in [6.45, 7) is 4.54. The molecule has 0 amide bonds. The molecule has 0 aliphatic carbocycles. The molecule has 116 valence electrons. The second-order valence-electron chi connectivity index (χ2n) is 4.31. The fourth-order valence-corrected chi connectivity index (χ4v) is 3.42. The highest BCUT2D eigenvalue weighted by atomic mass is 32.2. The molecule has 0 spiro atoms. The van der Waals surface area contributed by atoms with Crippen molar-refractivity contribution in [2.75, 3.05) is 11.5 Å². The summed E-state index contributed by atoms with van der Waals surface area (Å²) < 4.78 is 0. The topological polar surface area (TPSA) is 80.3 Å². The lowest BCUT2D eigenvalue weighted by Crippen LogP contribution is -2.23. The molecule has 0 rings (SSSR count). The highest BCUT2D eigenvalue weighted by Crippen LogP contribution is 2.03.